The second-order valence-electron chi connectivity index (χ2n) is 7.72. The Kier molecular flexibility index (Phi) is 6.47. The summed E-state index contributed by atoms with van der Waals surface area (Å²) in [6, 6.07) is 12.0. The molecule has 3 N–H and O–H groups in total. The second kappa shape index (κ2) is 9.45. The average Bonchev–Trinajstić information content (AvgIpc) is 3.34. The van der Waals surface area contributed by atoms with Gasteiger partial charge in [-0.1, -0.05) is 12.1 Å². The van der Waals surface area contributed by atoms with Crippen molar-refractivity contribution >= 4 is 21.7 Å². The quantitative estimate of drug-likeness (QED) is 0.540. The number of hydrogen-bond donors (Lipinski definition) is 2. The van der Waals surface area contributed by atoms with Crippen molar-refractivity contribution < 1.29 is 13.2 Å². The van der Waals surface area contributed by atoms with Crippen LogP contribution in [0.1, 0.15) is 18.4 Å². The molecule has 4 rings (SSSR count). The van der Waals surface area contributed by atoms with Gasteiger partial charge in [-0.3, -0.25) is 4.79 Å². The summed E-state index contributed by atoms with van der Waals surface area (Å²) in [5.74, 6) is 1.27. The van der Waals surface area contributed by atoms with E-state index in [2.05, 4.69) is 25.5 Å². The maximum Gasteiger partial charge on any atom is 0.238 e. The van der Waals surface area contributed by atoms with Gasteiger partial charge >= 0.3 is 0 Å². The summed E-state index contributed by atoms with van der Waals surface area (Å²) in [6.07, 6.45) is 5.82. The number of rotatable bonds is 7. The van der Waals surface area contributed by atoms with E-state index in [9.17, 15) is 13.2 Å². The van der Waals surface area contributed by atoms with Gasteiger partial charge in [0.15, 0.2) is 11.6 Å². The summed E-state index contributed by atoms with van der Waals surface area (Å²) >= 11 is 0. The molecule has 1 atom stereocenters. The minimum absolute atomic E-state index is 0.0111. The summed E-state index contributed by atoms with van der Waals surface area (Å²) in [7, 11) is -3.70. The van der Waals surface area contributed by atoms with Gasteiger partial charge in [0, 0.05) is 32.0 Å². The fourth-order valence-corrected chi connectivity index (χ4v) is 4.25. The Bertz CT molecular complexity index is 1150. The normalized spacial score (nSPS) is 16.7. The second-order valence-corrected chi connectivity index (χ2v) is 9.28. The number of primary sulfonamides is 1. The molecule has 1 aliphatic rings. The smallest absolute Gasteiger partial charge is 0.238 e. The molecule has 1 amide bonds. The first-order valence-electron chi connectivity index (χ1n) is 10.4. The van der Waals surface area contributed by atoms with Crippen LogP contribution in [0.15, 0.2) is 59.8 Å². The van der Waals surface area contributed by atoms with Gasteiger partial charge in [0.05, 0.1) is 10.8 Å². The molecule has 0 saturated carbocycles. The van der Waals surface area contributed by atoms with Crippen LogP contribution in [0.25, 0.3) is 5.82 Å². The van der Waals surface area contributed by atoms with Gasteiger partial charge in [0.1, 0.15) is 0 Å². The number of amides is 1. The van der Waals surface area contributed by atoms with E-state index < -0.39 is 10.0 Å². The topological polar surface area (TPSA) is 136 Å². The van der Waals surface area contributed by atoms with Gasteiger partial charge in [-0.2, -0.15) is 5.10 Å². The Balaban J connectivity index is 1.29. The van der Waals surface area contributed by atoms with Crippen LogP contribution in [0.5, 0.6) is 0 Å². The van der Waals surface area contributed by atoms with Crippen molar-refractivity contribution in [3.8, 4) is 5.82 Å². The summed E-state index contributed by atoms with van der Waals surface area (Å²) in [6.45, 7) is 1.89. The van der Waals surface area contributed by atoms with E-state index in [4.69, 9.17) is 5.14 Å². The largest absolute Gasteiger partial charge is 0.355 e. The molecule has 11 heteroatoms. The van der Waals surface area contributed by atoms with Crippen molar-refractivity contribution in [2.45, 2.75) is 24.2 Å². The fraction of sp³-hybridized carbons (Fsp3) is 0.333. The van der Waals surface area contributed by atoms with Crippen molar-refractivity contribution in [2.75, 3.05) is 24.5 Å². The van der Waals surface area contributed by atoms with Crippen molar-refractivity contribution in [3.63, 3.8) is 0 Å². The number of carbonyl (C=O) groups is 1. The Morgan fingerprint density at radius 1 is 1.12 bits per heavy atom. The van der Waals surface area contributed by atoms with E-state index in [0.717, 1.165) is 30.8 Å². The van der Waals surface area contributed by atoms with Gasteiger partial charge in [-0.25, -0.2) is 18.2 Å². The van der Waals surface area contributed by atoms with E-state index in [1.165, 1.54) is 12.1 Å². The number of piperidine rings is 1. The van der Waals surface area contributed by atoms with Crippen molar-refractivity contribution in [2.24, 2.45) is 11.1 Å². The number of hydrogen-bond acceptors (Lipinski definition) is 7. The monoisotopic (exact) mass is 455 g/mol. The molecule has 1 unspecified atom stereocenters. The van der Waals surface area contributed by atoms with E-state index >= 15 is 0 Å². The molecule has 3 aromatic rings. The number of nitrogens with two attached hydrogens (primary N) is 1. The lowest BCUT2D eigenvalue weighted by Gasteiger charge is -2.32. The lowest BCUT2D eigenvalue weighted by Crippen LogP contribution is -2.43. The van der Waals surface area contributed by atoms with E-state index in [1.807, 2.05) is 18.2 Å². The number of nitrogens with one attached hydrogen (secondary N) is 1. The maximum atomic E-state index is 12.7. The summed E-state index contributed by atoms with van der Waals surface area (Å²) in [4.78, 5) is 14.8. The first-order valence-corrected chi connectivity index (χ1v) is 11.9. The zero-order valence-electron chi connectivity index (χ0n) is 17.5. The van der Waals surface area contributed by atoms with Crippen molar-refractivity contribution in [1.29, 1.82) is 0 Å². The molecule has 32 heavy (non-hydrogen) atoms. The van der Waals surface area contributed by atoms with E-state index in [-0.39, 0.29) is 16.7 Å². The van der Waals surface area contributed by atoms with Crippen LogP contribution in [-0.2, 0) is 21.2 Å². The molecule has 1 saturated heterocycles. The highest BCUT2D eigenvalue weighted by Crippen LogP contribution is 2.22. The molecule has 0 aliphatic carbocycles. The minimum atomic E-state index is -3.70. The summed E-state index contributed by atoms with van der Waals surface area (Å²) < 4.78 is 24.3. The Morgan fingerprint density at radius 3 is 2.53 bits per heavy atom. The highest BCUT2D eigenvalue weighted by Gasteiger charge is 2.26. The Hall–Kier alpha value is -3.31. The highest BCUT2D eigenvalue weighted by atomic mass is 32.2. The third-order valence-corrected chi connectivity index (χ3v) is 6.39. The SMILES string of the molecule is NS(=O)(=O)c1ccc(CCNC(=O)C2CCCN(c3ccc(-n4cccn4)nn3)C2)cc1. The number of sulfonamides is 1. The van der Waals surface area contributed by atoms with Crippen LogP contribution in [0.2, 0.25) is 0 Å². The van der Waals surface area contributed by atoms with Gasteiger partial charge in [-0.05, 0) is 55.2 Å². The number of carbonyl (C=O) groups excluding carboxylic acids is 1. The molecule has 1 aliphatic heterocycles. The molecular weight excluding hydrogens is 430 g/mol. The molecule has 0 bridgehead atoms. The van der Waals surface area contributed by atoms with Crippen molar-refractivity contribution in [3.05, 3.63) is 60.4 Å². The highest BCUT2D eigenvalue weighted by molar-refractivity contribution is 7.89. The zero-order chi connectivity index (χ0) is 22.6. The summed E-state index contributed by atoms with van der Waals surface area (Å²) in [5.41, 5.74) is 0.926. The van der Waals surface area contributed by atoms with E-state index in [0.29, 0.717) is 25.3 Å². The lowest BCUT2D eigenvalue weighted by molar-refractivity contribution is -0.125. The molecule has 0 spiro atoms. The molecule has 2 aromatic heterocycles. The van der Waals surface area contributed by atoms with E-state index in [1.54, 1.807) is 29.2 Å². The lowest BCUT2D eigenvalue weighted by atomic mass is 9.97. The first-order chi connectivity index (χ1) is 15.4. The number of anilines is 1. The standard InChI is InChI=1S/C21H25N7O3S/c22-32(30,31)18-6-4-16(5-7-18)10-12-23-21(29)17-3-1-13-27(15-17)19-8-9-20(26-25-19)28-14-2-11-24-28/h2,4-9,11,14,17H,1,3,10,12-13,15H2,(H,23,29)(H2,22,30,31). The van der Waals surface area contributed by atoms with Crippen LogP contribution in [0, 0.1) is 5.92 Å². The molecular formula is C21H25N7O3S. The predicted octanol–water partition coefficient (Wildman–Crippen LogP) is 0.885. The maximum absolute atomic E-state index is 12.7. The van der Waals surface area contributed by atoms with Gasteiger partial charge in [0.2, 0.25) is 15.9 Å². The van der Waals surface area contributed by atoms with Crippen LogP contribution < -0.4 is 15.4 Å². The molecule has 3 heterocycles. The van der Waals surface area contributed by atoms with Crippen LogP contribution >= 0.6 is 0 Å². The zero-order valence-corrected chi connectivity index (χ0v) is 18.3. The molecule has 0 radical (unpaired) electrons. The van der Waals surface area contributed by atoms with Crippen molar-refractivity contribution in [1.82, 2.24) is 25.3 Å². The third kappa shape index (κ3) is 5.29. The average molecular weight is 456 g/mol. The molecule has 1 fully saturated rings. The Labute approximate surface area is 186 Å². The minimum Gasteiger partial charge on any atom is -0.355 e. The van der Waals surface area contributed by atoms with Crippen LogP contribution in [0.4, 0.5) is 5.82 Å². The number of benzene rings is 1. The van der Waals surface area contributed by atoms with Crippen LogP contribution in [0.3, 0.4) is 0 Å². The van der Waals surface area contributed by atoms with Gasteiger partial charge in [0.25, 0.3) is 0 Å². The fourth-order valence-electron chi connectivity index (χ4n) is 3.73. The van der Waals surface area contributed by atoms with Crippen LogP contribution in [-0.4, -0.2) is 53.9 Å². The Morgan fingerprint density at radius 2 is 1.88 bits per heavy atom. The first kappa shape index (κ1) is 21.9. The van der Waals surface area contributed by atoms with Gasteiger partial charge in [-0.15, -0.1) is 10.2 Å². The third-order valence-electron chi connectivity index (χ3n) is 5.46. The summed E-state index contributed by atoms with van der Waals surface area (Å²) in [5, 5.41) is 20.8. The molecule has 10 nitrogen and oxygen atoms in total. The molecule has 1 aromatic carbocycles. The van der Waals surface area contributed by atoms with Gasteiger partial charge < -0.3 is 10.2 Å². The molecule has 168 valence electrons. The number of aromatic nitrogens is 4. The number of nitrogens with zero attached hydrogens (tertiary/aromatic N) is 5. The predicted molar refractivity (Wildman–Crippen MR) is 119 cm³/mol.